The number of hydrogen-bond acceptors (Lipinski definition) is 5. The first-order chi connectivity index (χ1) is 16.6. The molecular formula is C25H29N3O5S2. The SMILES string of the molecule is CN(C)S(=O)(=O)c1ccc(CNC(=O)C2CCN(S(=O)(=O)c3ccc4ccccc4c3)CC2)cc1. The fourth-order valence-electron chi connectivity index (χ4n) is 4.16. The molecule has 0 aliphatic carbocycles. The third kappa shape index (κ3) is 5.40. The van der Waals surface area contributed by atoms with Gasteiger partial charge in [-0.05, 0) is 53.4 Å². The van der Waals surface area contributed by atoms with Crippen LogP contribution in [-0.4, -0.2) is 58.5 Å². The summed E-state index contributed by atoms with van der Waals surface area (Å²) in [6.07, 6.45) is 0.886. The van der Waals surface area contributed by atoms with Crippen LogP contribution in [0.3, 0.4) is 0 Å². The number of carbonyl (C=O) groups is 1. The van der Waals surface area contributed by atoms with Crippen molar-refractivity contribution in [3.05, 3.63) is 72.3 Å². The van der Waals surface area contributed by atoms with Gasteiger partial charge in [-0.25, -0.2) is 21.1 Å². The fourth-order valence-corrected chi connectivity index (χ4v) is 6.57. The predicted molar refractivity (Wildman–Crippen MR) is 135 cm³/mol. The van der Waals surface area contributed by atoms with E-state index in [2.05, 4.69) is 5.32 Å². The van der Waals surface area contributed by atoms with Gasteiger partial charge in [-0.2, -0.15) is 4.31 Å². The van der Waals surface area contributed by atoms with E-state index in [0.29, 0.717) is 12.8 Å². The average Bonchev–Trinajstić information content (AvgIpc) is 2.87. The van der Waals surface area contributed by atoms with Gasteiger partial charge >= 0.3 is 0 Å². The molecule has 186 valence electrons. The number of rotatable bonds is 7. The number of piperidine rings is 1. The summed E-state index contributed by atoms with van der Waals surface area (Å²) < 4.78 is 53.2. The van der Waals surface area contributed by atoms with E-state index in [9.17, 15) is 21.6 Å². The fraction of sp³-hybridized carbons (Fsp3) is 0.320. The molecule has 1 aliphatic rings. The van der Waals surface area contributed by atoms with E-state index in [-0.39, 0.29) is 41.3 Å². The van der Waals surface area contributed by atoms with Gasteiger partial charge in [0.2, 0.25) is 26.0 Å². The monoisotopic (exact) mass is 515 g/mol. The zero-order valence-electron chi connectivity index (χ0n) is 19.7. The molecule has 10 heteroatoms. The molecule has 4 rings (SSSR count). The van der Waals surface area contributed by atoms with Gasteiger partial charge in [0.05, 0.1) is 9.79 Å². The Morgan fingerprint density at radius 1 is 0.886 bits per heavy atom. The van der Waals surface area contributed by atoms with Crippen molar-refractivity contribution in [2.75, 3.05) is 27.2 Å². The van der Waals surface area contributed by atoms with E-state index in [1.807, 2.05) is 30.3 Å². The summed E-state index contributed by atoms with van der Waals surface area (Å²) in [4.78, 5) is 13.1. The van der Waals surface area contributed by atoms with Crippen molar-refractivity contribution in [3.8, 4) is 0 Å². The van der Waals surface area contributed by atoms with E-state index < -0.39 is 20.0 Å². The summed E-state index contributed by atoms with van der Waals surface area (Å²) in [7, 11) is -4.18. The second-order valence-electron chi connectivity index (χ2n) is 8.84. The number of benzene rings is 3. The molecule has 0 unspecified atom stereocenters. The molecule has 0 aromatic heterocycles. The summed E-state index contributed by atoms with van der Waals surface area (Å²) in [6.45, 7) is 0.839. The Labute approximate surface area is 206 Å². The second kappa shape index (κ2) is 10.1. The second-order valence-corrected chi connectivity index (χ2v) is 12.9. The molecule has 1 aliphatic heterocycles. The lowest BCUT2D eigenvalue weighted by Crippen LogP contribution is -2.42. The standard InChI is InChI=1S/C25H29N3O5S2/c1-27(2)34(30,31)23-10-7-19(8-11-23)18-26-25(29)21-13-15-28(16-14-21)35(32,33)24-12-9-20-5-3-4-6-22(20)17-24/h3-12,17,21H,13-16,18H2,1-2H3,(H,26,29). The molecule has 3 aromatic carbocycles. The van der Waals surface area contributed by atoms with E-state index in [1.165, 1.54) is 30.5 Å². The third-order valence-electron chi connectivity index (χ3n) is 6.35. The van der Waals surface area contributed by atoms with Gasteiger partial charge in [-0.15, -0.1) is 0 Å². The Morgan fingerprint density at radius 3 is 2.11 bits per heavy atom. The van der Waals surface area contributed by atoms with Crippen molar-refractivity contribution in [3.63, 3.8) is 0 Å². The summed E-state index contributed by atoms with van der Waals surface area (Å²) >= 11 is 0. The number of carbonyl (C=O) groups excluding carboxylic acids is 1. The Morgan fingerprint density at radius 2 is 1.49 bits per heavy atom. The first-order valence-electron chi connectivity index (χ1n) is 11.4. The molecule has 0 saturated carbocycles. The van der Waals surface area contributed by atoms with Crippen LogP contribution in [0, 0.1) is 5.92 Å². The highest BCUT2D eigenvalue weighted by Gasteiger charge is 2.32. The number of hydrogen-bond donors (Lipinski definition) is 1. The largest absolute Gasteiger partial charge is 0.352 e. The highest BCUT2D eigenvalue weighted by molar-refractivity contribution is 7.89. The number of nitrogens with one attached hydrogen (secondary N) is 1. The molecular weight excluding hydrogens is 486 g/mol. The molecule has 0 radical (unpaired) electrons. The molecule has 8 nitrogen and oxygen atoms in total. The molecule has 35 heavy (non-hydrogen) atoms. The van der Waals surface area contributed by atoms with Gasteiger partial charge in [-0.3, -0.25) is 4.79 Å². The van der Waals surface area contributed by atoms with E-state index in [1.54, 1.807) is 24.3 Å². The Bertz CT molecular complexity index is 1430. The highest BCUT2D eigenvalue weighted by Crippen LogP contribution is 2.26. The van der Waals surface area contributed by atoms with E-state index in [0.717, 1.165) is 20.6 Å². The van der Waals surface area contributed by atoms with Gasteiger partial charge in [0, 0.05) is 39.6 Å². The lowest BCUT2D eigenvalue weighted by Gasteiger charge is -2.30. The third-order valence-corrected chi connectivity index (χ3v) is 10.1. The van der Waals surface area contributed by atoms with Crippen LogP contribution in [0.25, 0.3) is 10.8 Å². The maximum atomic E-state index is 13.1. The average molecular weight is 516 g/mol. The number of amides is 1. The first-order valence-corrected chi connectivity index (χ1v) is 14.3. The number of nitrogens with zero attached hydrogens (tertiary/aromatic N) is 2. The molecule has 0 bridgehead atoms. The van der Waals surface area contributed by atoms with Gasteiger partial charge < -0.3 is 5.32 Å². The molecule has 3 aromatic rings. The van der Waals surface area contributed by atoms with E-state index in [4.69, 9.17) is 0 Å². The zero-order chi connectivity index (χ0) is 25.2. The highest BCUT2D eigenvalue weighted by atomic mass is 32.2. The maximum Gasteiger partial charge on any atom is 0.243 e. The van der Waals surface area contributed by atoms with Gasteiger partial charge in [0.25, 0.3) is 0 Å². The molecule has 1 fully saturated rings. The van der Waals surface area contributed by atoms with Crippen LogP contribution < -0.4 is 5.32 Å². The maximum absolute atomic E-state index is 13.1. The number of fused-ring (bicyclic) bond motifs is 1. The first kappa shape index (κ1) is 25.3. The molecule has 0 spiro atoms. The Hall–Kier alpha value is -2.79. The minimum absolute atomic E-state index is 0.127. The molecule has 0 atom stereocenters. The van der Waals surface area contributed by atoms with Crippen molar-refractivity contribution in [2.24, 2.45) is 5.92 Å². The molecule has 1 saturated heterocycles. The van der Waals surface area contributed by atoms with Crippen molar-refractivity contribution in [1.29, 1.82) is 0 Å². The van der Waals surface area contributed by atoms with Crippen molar-refractivity contribution < 1.29 is 21.6 Å². The van der Waals surface area contributed by atoms with Crippen molar-refractivity contribution in [1.82, 2.24) is 13.9 Å². The summed E-state index contributed by atoms with van der Waals surface area (Å²) in [5.74, 6) is -0.399. The lowest BCUT2D eigenvalue weighted by atomic mass is 9.97. The minimum atomic E-state index is -3.63. The number of sulfonamides is 2. The molecule has 1 amide bonds. The minimum Gasteiger partial charge on any atom is -0.352 e. The van der Waals surface area contributed by atoms with Crippen LogP contribution in [0.4, 0.5) is 0 Å². The zero-order valence-corrected chi connectivity index (χ0v) is 21.3. The topological polar surface area (TPSA) is 104 Å². The van der Waals surface area contributed by atoms with Crippen molar-refractivity contribution >= 4 is 36.7 Å². The van der Waals surface area contributed by atoms with Crippen LogP contribution >= 0.6 is 0 Å². The smallest absolute Gasteiger partial charge is 0.243 e. The molecule has 1 N–H and O–H groups in total. The van der Waals surface area contributed by atoms with Gasteiger partial charge in [0.1, 0.15) is 0 Å². The quantitative estimate of drug-likeness (QED) is 0.521. The van der Waals surface area contributed by atoms with Gasteiger partial charge in [0.15, 0.2) is 0 Å². The van der Waals surface area contributed by atoms with Crippen LogP contribution in [0.5, 0.6) is 0 Å². The molecule has 1 heterocycles. The van der Waals surface area contributed by atoms with Gasteiger partial charge in [-0.1, -0.05) is 42.5 Å². The lowest BCUT2D eigenvalue weighted by molar-refractivity contribution is -0.126. The summed E-state index contributed by atoms with van der Waals surface area (Å²) in [5, 5.41) is 4.74. The Kier molecular flexibility index (Phi) is 7.27. The summed E-state index contributed by atoms with van der Waals surface area (Å²) in [6, 6.07) is 19.1. The van der Waals surface area contributed by atoms with E-state index >= 15 is 0 Å². The van der Waals surface area contributed by atoms with Crippen LogP contribution in [0.15, 0.2) is 76.5 Å². The van der Waals surface area contributed by atoms with Crippen LogP contribution in [0.1, 0.15) is 18.4 Å². The summed E-state index contributed by atoms with van der Waals surface area (Å²) in [5.41, 5.74) is 0.785. The predicted octanol–water partition coefficient (Wildman–Crippen LogP) is 2.81. The normalized spacial score (nSPS) is 16.0. The Balaban J connectivity index is 1.33. The van der Waals surface area contributed by atoms with Crippen molar-refractivity contribution in [2.45, 2.75) is 29.2 Å². The van der Waals surface area contributed by atoms with Crippen LogP contribution in [0.2, 0.25) is 0 Å². The van der Waals surface area contributed by atoms with Crippen LogP contribution in [-0.2, 0) is 31.4 Å².